The van der Waals surface area contributed by atoms with Gasteiger partial charge >= 0.3 is 0 Å². The maximum absolute atomic E-state index is 9.04. The highest BCUT2D eigenvalue weighted by atomic mass is 35.5. The van der Waals surface area contributed by atoms with E-state index in [1.165, 1.54) is 0 Å². The summed E-state index contributed by atoms with van der Waals surface area (Å²) in [6.45, 7) is 2.74. The van der Waals surface area contributed by atoms with Crippen molar-refractivity contribution >= 4 is 23.4 Å². The Morgan fingerprint density at radius 3 is 2.58 bits per heavy atom. The second-order valence-electron chi connectivity index (χ2n) is 5.47. The van der Waals surface area contributed by atoms with Crippen LogP contribution in [0.15, 0.2) is 53.7 Å². The molecule has 1 heterocycles. The van der Waals surface area contributed by atoms with Crippen LogP contribution in [0, 0.1) is 0 Å². The molecule has 0 saturated carbocycles. The topological polar surface area (TPSA) is 60.2 Å². The number of rotatable bonds is 8. The minimum Gasteiger partial charge on any atom is -0.494 e. The molecule has 7 heteroatoms. The van der Waals surface area contributed by atoms with Crippen LogP contribution >= 0.6 is 23.4 Å². The van der Waals surface area contributed by atoms with Gasteiger partial charge in [0.05, 0.1) is 11.6 Å². The molecule has 0 bridgehead atoms. The van der Waals surface area contributed by atoms with Crippen LogP contribution in [0.2, 0.25) is 5.02 Å². The minimum absolute atomic E-state index is 0.154. The van der Waals surface area contributed by atoms with Gasteiger partial charge in [-0.15, -0.1) is 10.2 Å². The van der Waals surface area contributed by atoms with Crippen molar-refractivity contribution < 1.29 is 9.84 Å². The minimum atomic E-state index is 0.154. The van der Waals surface area contributed by atoms with E-state index in [9.17, 15) is 0 Å². The molecule has 0 spiro atoms. The molecule has 2 aromatic carbocycles. The maximum atomic E-state index is 9.04. The van der Waals surface area contributed by atoms with E-state index in [1.54, 1.807) is 11.8 Å². The molecule has 0 amide bonds. The molecular weight excluding hydrogens is 370 g/mol. The fourth-order valence-electron chi connectivity index (χ4n) is 2.50. The van der Waals surface area contributed by atoms with Gasteiger partial charge in [0, 0.05) is 23.6 Å². The first-order valence-corrected chi connectivity index (χ1v) is 9.78. The lowest BCUT2D eigenvalue weighted by molar-refractivity contribution is 0.296. The zero-order valence-electron chi connectivity index (χ0n) is 14.4. The molecule has 1 aromatic heterocycles. The number of aliphatic hydroxyl groups excluding tert-OH is 1. The third-order valence-corrected chi connectivity index (χ3v) is 5.03. The monoisotopic (exact) mass is 389 g/mol. The molecular formula is C19H20ClN3O2S. The third kappa shape index (κ3) is 4.20. The highest BCUT2D eigenvalue weighted by molar-refractivity contribution is 7.99. The van der Waals surface area contributed by atoms with Crippen LogP contribution in [0.4, 0.5) is 0 Å². The number of aromatic nitrogens is 3. The summed E-state index contributed by atoms with van der Waals surface area (Å²) in [6, 6.07) is 15.4. The van der Waals surface area contributed by atoms with Gasteiger partial charge in [0.15, 0.2) is 11.0 Å². The summed E-state index contributed by atoms with van der Waals surface area (Å²) in [6.07, 6.45) is 0.697. The van der Waals surface area contributed by atoms with Gasteiger partial charge in [0.2, 0.25) is 0 Å². The number of thioether (sulfide) groups is 1. The van der Waals surface area contributed by atoms with E-state index in [4.69, 9.17) is 21.4 Å². The van der Waals surface area contributed by atoms with Crippen LogP contribution in [0.1, 0.15) is 13.3 Å². The zero-order chi connectivity index (χ0) is 18.4. The van der Waals surface area contributed by atoms with E-state index in [0.717, 1.165) is 27.9 Å². The highest BCUT2D eigenvalue weighted by Gasteiger charge is 2.18. The van der Waals surface area contributed by atoms with Gasteiger partial charge in [-0.3, -0.25) is 4.57 Å². The van der Waals surface area contributed by atoms with Gasteiger partial charge in [0.25, 0.3) is 0 Å². The molecule has 1 N–H and O–H groups in total. The van der Waals surface area contributed by atoms with Gasteiger partial charge in [-0.05, 0) is 49.7 Å². The number of ether oxygens (including phenoxy) is 1. The fraction of sp³-hybridized carbons (Fsp3) is 0.263. The third-order valence-electron chi connectivity index (χ3n) is 3.69. The van der Waals surface area contributed by atoms with Crippen LogP contribution in [-0.2, 0) is 0 Å². The number of halogens is 1. The second kappa shape index (κ2) is 9.07. The fourth-order valence-corrected chi connectivity index (χ4v) is 3.60. The maximum Gasteiger partial charge on any atom is 0.196 e. The largest absolute Gasteiger partial charge is 0.494 e. The van der Waals surface area contributed by atoms with Gasteiger partial charge in [-0.2, -0.15) is 0 Å². The van der Waals surface area contributed by atoms with Crippen molar-refractivity contribution in [2.24, 2.45) is 0 Å². The van der Waals surface area contributed by atoms with Crippen molar-refractivity contribution in [2.45, 2.75) is 18.5 Å². The number of aliphatic hydroxyl groups is 1. The molecule has 0 aliphatic rings. The highest BCUT2D eigenvalue weighted by Crippen LogP contribution is 2.32. The molecule has 136 valence electrons. The van der Waals surface area contributed by atoms with Crippen molar-refractivity contribution in [3.63, 3.8) is 0 Å². The van der Waals surface area contributed by atoms with Crippen LogP contribution < -0.4 is 4.74 Å². The first-order chi connectivity index (χ1) is 12.7. The Hall–Kier alpha value is -2.02. The van der Waals surface area contributed by atoms with Gasteiger partial charge < -0.3 is 9.84 Å². The predicted molar refractivity (Wildman–Crippen MR) is 105 cm³/mol. The Labute approximate surface area is 162 Å². The summed E-state index contributed by atoms with van der Waals surface area (Å²) in [5.74, 6) is 2.26. The van der Waals surface area contributed by atoms with Gasteiger partial charge in [0.1, 0.15) is 5.75 Å². The summed E-state index contributed by atoms with van der Waals surface area (Å²) in [5.41, 5.74) is 1.75. The lowest BCUT2D eigenvalue weighted by Crippen LogP contribution is -2.01. The first kappa shape index (κ1) is 18.8. The molecule has 3 rings (SSSR count). The van der Waals surface area contributed by atoms with Crippen LogP contribution in [-0.4, -0.2) is 38.8 Å². The number of hydrogen-bond donors (Lipinski definition) is 1. The van der Waals surface area contributed by atoms with Crippen LogP contribution in [0.3, 0.4) is 0 Å². The molecule has 0 saturated heterocycles. The summed E-state index contributed by atoms with van der Waals surface area (Å²) < 4.78 is 7.51. The van der Waals surface area contributed by atoms with Crippen LogP contribution in [0.25, 0.3) is 17.1 Å². The molecule has 0 fully saturated rings. The quantitative estimate of drug-likeness (QED) is 0.455. The number of nitrogens with zero attached hydrogens (tertiary/aromatic N) is 3. The molecule has 3 aromatic rings. The molecule has 0 aliphatic carbocycles. The van der Waals surface area contributed by atoms with E-state index in [2.05, 4.69) is 10.2 Å². The Morgan fingerprint density at radius 1 is 1.12 bits per heavy atom. The lowest BCUT2D eigenvalue weighted by atomic mass is 10.2. The molecule has 0 aliphatic heterocycles. The van der Waals surface area contributed by atoms with Crippen molar-refractivity contribution in [1.82, 2.24) is 14.8 Å². The van der Waals surface area contributed by atoms with Crippen molar-refractivity contribution in [2.75, 3.05) is 19.0 Å². The Bertz CT molecular complexity index is 852. The van der Waals surface area contributed by atoms with Crippen molar-refractivity contribution in [1.29, 1.82) is 0 Å². The average molecular weight is 390 g/mol. The van der Waals surface area contributed by atoms with Gasteiger partial charge in [-0.25, -0.2) is 0 Å². The first-order valence-electron chi connectivity index (χ1n) is 8.41. The molecule has 0 atom stereocenters. The lowest BCUT2D eigenvalue weighted by Gasteiger charge is -2.12. The van der Waals surface area contributed by atoms with Crippen LogP contribution in [0.5, 0.6) is 5.75 Å². The molecule has 0 unspecified atom stereocenters. The van der Waals surface area contributed by atoms with E-state index < -0.39 is 0 Å². The summed E-state index contributed by atoms with van der Waals surface area (Å²) in [4.78, 5) is 0. The average Bonchev–Trinajstić information content (AvgIpc) is 3.07. The number of benzene rings is 2. The number of hydrogen-bond acceptors (Lipinski definition) is 5. The second-order valence-corrected chi connectivity index (χ2v) is 6.94. The van der Waals surface area contributed by atoms with Gasteiger partial charge in [-0.1, -0.05) is 35.5 Å². The van der Waals surface area contributed by atoms with E-state index in [1.807, 2.05) is 60.0 Å². The molecule has 5 nitrogen and oxygen atoms in total. The Morgan fingerprint density at radius 2 is 1.88 bits per heavy atom. The van der Waals surface area contributed by atoms with E-state index in [0.29, 0.717) is 23.9 Å². The smallest absolute Gasteiger partial charge is 0.196 e. The van der Waals surface area contributed by atoms with Crippen molar-refractivity contribution in [3.05, 3.63) is 53.6 Å². The summed E-state index contributed by atoms with van der Waals surface area (Å²) >= 11 is 7.94. The Kier molecular flexibility index (Phi) is 6.55. The Balaban J connectivity index is 2.04. The van der Waals surface area contributed by atoms with Crippen molar-refractivity contribution in [3.8, 4) is 22.8 Å². The zero-order valence-corrected chi connectivity index (χ0v) is 16.0. The van der Waals surface area contributed by atoms with E-state index in [-0.39, 0.29) is 6.61 Å². The van der Waals surface area contributed by atoms with E-state index >= 15 is 0 Å². The SMILES string of the molecule is CCOc1ccc(-n2c(SCCCO)nnc2-c2ccccc2Cl)cc1. The summed E-state index contributed by atoms with van der Waals surface area (Å²) in [5, 5.41) is 19.1. The molecule has 26 heavy (non-hydrogen) atoms. The standard InChI is InChI=1S/C19H20ClN3O2S/c1-2-25-15-10-8-14(9-11-15)23-18(16-6-3-4-7-17(16)20)21-22-19(23)26-13-5-12-24/h3-4,6-11,24H,2,5,12-13H2,1H3. The normalized spacial score (nSPS) is 10.9. The molecule has 0 radical (unpaired) electrons. The predicted octanol–water partition coefficient (Wildman–Crippen LogP) is 4.46. The summed E-state index contributed by atoms with van der Waals surface area (Å²) in [7, 11) is 0.